The van der Waals surface area contributed by atoms with Crippen LogP contribution in [0.25, 0.3) is 0 Å². The Kier molecular flexibility index (Phi) is 8.73. The molecule has 0 fully saturated rings. The third-order valence-electron chi connectivity index (χ3n) is 2.89. The molecule has 6 heteroatoms. The van der Waals surface area contributed by atoms with Crippen molar-refractivity contribution in [3.8, 4) is 11.5 Å². The molecule has 2 atom stereocenters. The van der Waals surface area contributed by atoms with Crippen LogP contribution in [0.1, 0.15) is 12.8 Å². The van der Waals surface area contributed by atoms with Crippen LogP contribution in [0.5, 0.6) is 11.5 Å². The quantitative estimate of drug-likeness (QED) is 0.497. The first-order valence-electron chi connectivity index (χ1n) is 6.93. The predicted molar refractivity (Wildman–Crippen MR) is 85.8 cm³/mol. The lowest BCUT2D eigenvalue weighted by molar-refractivity contribution is 0.155. The van der Waals surface area contributed by atoms with Gasteiger partial charge in [-0.1, -0.05) is 28.3 Å². The summed E-state index contributed by atoms with van der Waals surface area (Å²) in [5.74, 6) is 1.45. The van der Waals surface area contributed by atoms with E-state index < -0.39 is 0 Å². The number of halogens is 1. The van der Waals surface area contributed by atoms with Gasteiger partial charge in [0.1, 0.15) is 19.3 Å². The largest absolute Gasteiger partial charge is 0.493 e. The molecule has 0 spiro atoms. The Labute approximate surface area is 129 Å². The molecule has 1 aromatic rings. The number of rotatable bonds is 10. The first kappa shape index (κ1) is 17.3. The predicted octanol–water partition coefficient (Wildman–Crippen LogP) is 1.39. The van der Waals surface area contributed by atoms with Gasteiger partial charge in [0.05, 0.1) is 25.4 Å². The van der Waals surface area contributed by atoms with Crippen molar-refractivity contribution in [1.29, 1.82) is 0 Å². The van der Waals surface area contributed by atoms with Gasteiger partial charge in [0.25, 0.3) is 0 Å². The molecule has 112 valence electrons. The van der Waals surface area contributed by atoms with Crippen molar-refractivity contribution in [2.45, 2.75) is 31.4 Å². The van der Waals surface area contributed by atoms with Crippen LogP contribution < -0.4 is 9.47 Å². The maximum absolute atomic E-state index is 9.45. The normalized spacial score (nSPS) is 13.8. The van der Waals surface area contributed by atoms with Crippen LogP contribution in [0.15, 0.2) is 24.3 Å². The maximum atomic E-state index is 9.45. The molecule has 0 aromatic heterocycles. The van der Waals surface area contributed by atoms with E-state index in [0.29, 0.717) is 31.4 Å². The first-order chi connectivity index (χ1) is 9.65. The summed E-state index contributed by atoms with van der Waals surface area (Å²) >= 11 is 3.21. The SMILES string of the molecule is BCC(O)CCOc1cccc(OCCC(O)CBr)c1. The fourth-order valence-electron chi connectivity index (χ4n) is 1.56. The summed E-state index contributed by atoms with van der Waals surface area (Å²) in [6, 6.07) is 7.40. The Morgan fingerprint density at radius 3 is 2.10 bits per heavy atom. The van der Waals surface area contributed by atoms with E-state index in [1.165, 1.54) is 0 Å². The average Bonchev–Trinajstić information content (AvgIpc) is 2.47. The fraction of sp³-hybridized carbons (Fsp3) is 0.571. The summed E-state index contributed by atoms with van der Waals surface area (Å²) in [4.78, 5) is 0. The number of alkyl halides is 1. The Hall–Kier alpha value is -0.715. The van der Waals surface area contributed by atoms with Gasteiger partial charge in [0.2, 0.25) is 0 Å². The number of hydrogen-bond donors (Lipinski definition) is 2. The molecule has 2 N–H and O–H groups in total. The third-order valence-corrected chi connectivity index (χ3v) is 3.64. The number of hydrogen-bond acceptors (Lipinski definition) is 4. The van der Waals surface area contributed by atoms with Crippen LogP contribution in [-0.4, -0.2) is 48.8 Å². The zero-order valence-corrected chi connectivity index (χ0v) is 13.4. The lowest BCUT2D eigenvalue weighted by Crippen LogP contribution is -2.13. The lowest BCUT2D eigenvalue weighted by Gasteiger charge is -2.12. The van der Waals surface area contributed by atoms with Crippen molar-refractivity contribution in [1.82, 2.24) is 0 Å². The molecular weight excluding hydrogens is 323 g/mol. The monoisotopic (exact) mass is 344 g/mol. The number of ether oxygens (including phenoxy) is 2. The number of aliphatic hydroxyl groups excluding tert-OH is 2. The van der Waals surface area contributed by atoms with Gasteiger partial charge in [-0.05, 0) is 12.1 Å². The second-order valence-electron chi connectivity index (χ2n) is 4.62. The highest BCUT2D eigenvalue weighted by Crippen LogP contribution is 2.20. The molecule has 1 rings (SSSR count). The number of aliphatic hydroxyl groups is 2. The van der Waals surface area contributed by atoms with Gasteiger partial charge in [-0.25, -0.2) is 0 Å². The fourth-order valence-corrected chi connectivity index (χ4v) is 1.88. The molecule has 0 saturated heterocycles. The van der Waals surface area contributed by atoms with E-state index in [0.717, 1.165) is 17.8 Å². The Balaban J connectivity index is 2.33. The van der Waals surface area contributed by atoms with Crippen molar-refractivity contribution in [2.24, 2.45) is 0 Å². The van der Waals surface area contributed by atoms with E-state index in [1.807, 2.05) is 32.1 Å². The van der Waals surface area contributed by atoms with Gasteiger partial charge in [-0.15, -0.1) is 0 Å². The number of benzene rings is 1. The van der Waals surface area contributed by atoms with Crippen molar-refractivity contribution in [3.05, 3.63) is 24.3 Å². The highest BCUT2D eigenvalue weighted by atomic mass is 79.9. The standard InChI is InChI=1S/C14H22BBrO4/c15-9-11(17)4-6-19-13-2-1-3-14(8-13)20-7-5-12(18)10-16/h1-3,8,11-12,17-18H,4-7,9-10,15H2. The van der Waals surface area contributed by atoms with Crippen LogP contribution in [0, 0.1) is 0 Å². The average molecular weight is 345 g/mol. The Morgan fingerprint density at radius 2 is 1.60 bits per heavy atom. The van der Waals surface area contributed by atoms with Crippen LogP contribution >= 0.6 is 15.9 Å². The van der Waals surface area contributed by atoms with Crippen molar-refractivity contribution < 1.29 is 19.7 Å². The zero-order valence-electron chi connectivity index (χ0n) is 11.8. The summed E-state index contributed by atoms with van der Waals surface area (Å²) in [6.07, 6.45) is 1.26. The van der Waals surface area contributed by atoms with Crippen LogP contribution in [0.4, 0.5) is 0 Å². The van der Waals surface area contributed by atoms with Crippen LogP contribution in [0.3, 0.4) is 0 Å². The van der Waals surface area contributed by atoms with Gasteiger partial charge in [0, 0.05) is 24.2 Å². The second-order valence-corrected chi connectivity index (χ2v) is 5.27. The molecule has 1 aromatic carbocycles. The summed E-state index contributed by atoms with van der Waals surface area (Å²) in [5.41, 5.74) is 0. The molecule has 2 unspecified atom stereocenters. The van der Waals surface area contributed by atoms with Gasteiger partial charge >= 0.3 is 0 Å². The minimum atomic E-state index is -0.384. The second kappa shape index (κ2) is 10.1. The molecule has 4 nitrogen and oxygen atoms in total. The molecule has 0 amide bonds. The zero-order chi connectivity index (χ0) is 14.8. The van der Waals surface area contributed by atoms with E-state index in [4.69, 9.17) is 9.47 Å². The van der Waals surface area contributed by atoms with E-state index in [9.17, 15) is 10.2 Å². The molecule has 0 aliphatic rings. The molecular formula is C14H22BBrO4. The van der Waals surface area contributed by atoms with E-state index in [-0.39, 0.29) is 12.2 Å². The van der Waals surface area contributed by atoms with Gasteiger partial charge in [-0.2, -0.15) is 0 Å². The van der Waals surface area contributed by atoms with E-state index >= 15 is 0 Å². The Bertz CT molecular complexity index is 347. The van der Waals surface area contributed by atoms with Crippen molar-refractivity contribution in [3.63, 3.8) is 0 Å². The molecule has 20 heavy (non-hydrogen) atoms. The maximum Gasteiger partial charge on any atom is 0.122 e. The van der Waals surface area contributed by atoms with Gasteiger partial charge < -0.3 is 19.7 Å². The van der Waals surface area contributed by atoms with Crippen LogP contribution in [0.2, 0.25) is 6.32 Å². The van der Waals surface area contributed by atoms with E-state index in [2.05, 4.69) is 15.9 Å². The summed E-state index contributed by atoms with van der Waals surface area (Å²) in [6.45, 7) is 0.950. The van der Waals surface area contributed by atoms with Gasteiger partial charge in [-0.3, -0.25) is 0 Å². The minimum Gasteiger partial charge on any atom is -0.493 e. The van der Waals surface area contributed by atoms with Crippen molar-refractivity contribution in [2.75, 3.05) is 18.5 Å². The minimum absolute atomic E-state index is 0.305. The molecule has 0 bridgehead atoms. The summed E-state index contributed by atoms with van der Waals surface area (Å²) in [5, 5.41) is 19.4. The van der Waals surface area contributed by atoms with E-state index in [1.54, 1.807) is 0 Å². The smallest absolute Gasteiger partial charge is 0.122 e. The summed E-state index contributed by atoms with van der Waals surface area (Å²) < 4.78 is 11.1. The molecule has 0 aliphatic carbocycles. The Morgan fingerprint density at radius 1 is 1.05 bits per heavy atom. The van der Waals surface area contributed by atoms with Crippen molar-refractivity contribution >= 4 is 23.8 Å². The highest BCUT2D eigenvalue weighted by Gasteiger charge is 2.04. The highest BCUT2D eigenvalue weighted by molar-refractivity contribution is 9.09. The van der Waals surface area contributed by atoms with Gasteiger partial charge in [0.15, 0.2) is 0 Å². The third kappa shape index (κ3) is 7.17. The summed E-state index contributed by atoms with van der Waals surface area (Å²) in [7, 11) is 1.94. The topological polar surface area (TPSA) is 58.9 Å². The molecule has 0 radical (unpaired) electrons. The molecule has 0 aliphatic heterocycles. The molecule has 0 heterocycles. The van der Waals surface area contributed by atoms with Crippen LogP contribution in [-0.2, 0) is 0 Å². The molecule has 0 saturated carbocycles. The first-order valence-corrected chi connectivity index (χ1v) is 8.05. The lowest BCUT2D eigenvalue weighted by atomic mass is 9.98.